The van der Waals surface area contributed by atoms with Gasteiger partial charge in [0.25, 0.3) is 5.69 Å². The van der Waals surface area contributed by atoms with Gasteiger partial charge in [-0.1, -0.05) is 13.0 Å². The van der Waals surface area contributed by atoms with Crippen molar-refractivity contribution >= 4 is 23.0 Å². The van der Waals surface area contributed by atoms with Crippen LogP contribution in [0.15, 0.2) is 23.3 Å². The zero-order chi connectivity index (χ0) is 13.3. The summed E-state index contributed by atoms with van der Waals surface area (Å²) in [5, 5.41) is 14.8. The third-order valence-electron chi connectivity index (χ3n) is 2.78. The summed E-state index contributed by atoms with van der Waals surface area (Å²) in [5.41, 5.74) is 9.08. The third kappa shape index (κ3) is 2.15. The fourth-order valence-corrected chi connectivity index (χ4v) is 1.86. The molecule has 0 spiro atoms. The molecule has 18 heavy (non-hydrogen) atoms. The Morgan fingerprint density at radius 1 is 1.56 bits per heavy atom. The Hall–Kier alpha value is -2.44. The molecule has 0 radical (unpaired) electrons. The van der Waals surface area contributed by atoms with E-state index in [-0.39, 0.29) is 23.2 Å². The van der Waals surface area contributed by atoms with Crippen molar-refractivity contribution in [3.05, 3.63) is 33.9 Å². The van der Waals surface area contributed by atoms with Crippen molar-refractivity contribution in [3.63, 3.8) is 0 Å². The van der Waals surface area contributed by atoms with Crippen LogP contribution in [0.3, 0.4) is 0 Å². The Labute approximate surface area is 103 Å². The van der Waals surface area contributed by atoms with Crippen molar-refractivity contribution in [3.8, 4) is 0 Å². The zero-order valence-corrected chi connectivity index (χ0v) is 9.71. The van der Waals surface area contributed by atoms with Crippen molar-refractivity contribution in [2.24, 2.45) is 11.0 Å². The first-order valence-electron chi connectivity index (χ1n) is 5.39. The van der Waals surface area contributed by atoms with Crippen LogP contribution in [0.5, 0.6) is 0 Å². The third-order valence-corrected chi connectivity index (χ3v) is 2.78. The molecule has 0 aromatic heterocycles. The molecule has 1 aromatic carbocycles. The average molecular weight is 248 g/mol. The second-order valence-electron chi connectivity index (χ2n) is 4.17. The fraction of sp³-hybridized carbons (Fsp3) is 0.273. The first-order chi connectivity index (χ1) is 8.49. The van der Waals surface area contributed by atoms with Crippen LogP contribution in [0.25, 0.3) is 0 Å². The van der Waals surface area contributed by atoms with Gasteiger partial charge in [-0.3, -0.25) is 14.9 Å². The molecule has 1 amide bonds. The summed E-state index contributed by atoms with van der Waals surface area (Å²) in [5.74, 6) is -0.238. The van der Waals surface area contributed by atoms with Gasteiger partial charge in [0.15, 0.2) is 0 Å². The highest BCUT2D eigenvalue weighted by Crippen LogP contribution is 2.25. The second-order valence-corrected chi connectivity index (χ2v) is 4.17. The van der Waals surface area contributed by atoms with E-state index in [1.165, 1.54) is 12.1 Å². The molecule has 1 atom stereocenters. The van der Waals surface area contributed by atoms with Gasteiger partial charge in [0.1, 0.15) is 5.69 Å². The Balaban J connectivity index is 2.43. The van der Waals surface area contributed by atoms with Gasteiger partial charge in [0, 0.05) is 24.0 Å². The second kappa shape index (κ2) is 4.44. The van der Waals surface area contributed by atoms with Crippen LogP contribution in [0.1, 0.15) is 18.9 Å². The van der Waals surface area contributed by atoms with Gasteiger partial charge in [-0.25, -0.2) is 5.43 Å². The van der Waals surface area contributed by atoms with Crippen LogP contribution in [0.2, 0.25) is 0 Å². The number of rotatable bonds is 2. The minimum Gasteiger partial charge on any atom is -0.393 e. The quantitative estimate of drug-likeness (QED) is 0.462. The Bertz CT molecular complexity index is 553. The molecule has 1 aromatic rings. The molecular weight excluding hydrogens is 236 g/mol. The Kier molecular flexibility index (Phi) is 2.97. The number of benzene rings is 1. The van der Waals surface area contributed by atoms with Gasteiger partial charge >= 0.3 is 0 Å². The molecule has 94 valence electrons. The predicted molar refractivity (Wildman–Crippen MR) is 66.0 cm³/mol. The van der Waals surface area contributed by atoms with Gasteiger partial charge in [0.2, 0.25) is 5.91 Å². The molecule has 0 bridgehead atoms. The van der Waals surface area contributed by atoms with Gasteiger partial charge in [-0.15, -0.1) is 0 Å². The van der Waals surface area contributed by atoms with E-state index in [0.29, 0.717) is 17.7 Å². The molecular formula is C11H12N4O3. The first kappa shape index (κ1) is 12.0. The molecule has 7 nitrogen and oxygen atoms in total. The average Bonchev–Trinajstić information content (AvgIpc) is 2.30. The number of carbonyl (C=O) groups is 1. The summed E-state index contributed by atoms with van der Waals surface area (Å²) >= 11 is 0. The van der Waals surface area contributed by atoms with Crippen LogP contribution in [0.4, 0.5) is 11.4 Å². The highest BCUT2D eigenvalue weighted by atomic mass is 16.6. The summed E-state index contributed by atoms with van der Waals surface area (Å²) in [6, 6.07) is 4.51. The number of hydrogen-bond acceptors (Lipinski definition) is 5. The van der Waals surface area contributed by atoms with Crippen LogP contribution >= 0.6 is 0 Å². The number of carbonyl (C=O) groups excluding carboxylic acids is 1. The molecule has 3 N–H and O–H groups in total. The van der Waals surface area contributed by atoms with E-state index in [4.69, 9.17) is 5.73 Å². The number of nitrogens with two attached hydrogens (primary N) is 1. The minimum atomic E-state index is -0.536. The van der Waals surface area contributed by atoms with E-state index in [1.54, 1.807) is 6.07 Å². The van der Waals surface area contributed by atoms with Crippen LogP contribution in [-0.2, 0) is 4.79 Å². The van der Waals surface area contributed by atoms with Crippen LogP contribution in [0, 0.1) is 16.0 Å². The van der Waals surface area contributed by atoms with Crippen molar-refractivity contribution in [1.29, 1.82) is 0 Å². The molecule has 1 aliphatic heterocycles. The smallest absolute Gasteiger partial charge is 0.292 e. The van der Waals surface area contributed by atoms with Crippen molar-refractivity contribution in [2.45, 2.75) is 13.3 Å². The van der Waals surface area contributed by atoms with Gasteiger partial charge < -0.3 is 5.73 Å². The van der Waals surface area contributed by atoms with E-state index in [0.717, 1.165) is 0 Å². The Morgan fingerprint density at radius 3 is 2.89 bits per heavy atom. The first-order valence-corrected chi connectivity index (χ1v) is 5.39. The van der Waals surface area contributed by atoms with Crippen molar-refractivity contribution in [2.75, 3.05) is 5.73 Å². The molecule has 0 unspecified atom stereocenters. The predicted octanol–water partition coefficient (Wildman–Crippen LogP) is 1.04. The largest absolute Gasteiger partial charge is 0.393 e. The topological polar surface area (TPSA) is 111 Å². The molecule has 0 aliphatic carbocycles. The summed E-state index contributed by atoms with van der Waals surface area (Å²) < 4.78 is 0. The number of anilines is 1. The molecule has 7 heteroatoms. The number of hydrogen-bond donors (Lipinski definition) is 2. The number of nitro groups is 1. The highest BCUT2D eigenvalue weighted by Gasteiger charge is 2.23. The van der Waals surface area contributed by atoms with Gasteiger partial charge in [0.05, 0.1) is 10.6 Å². The maximum Gasteiger partial charge on any atom is 0.292 e. The minimum absolute atomic E-state index is 0.0815. The van der Waals surface area contributed by atoms with Gasteiger partial charge in [-0.05, 0) is 6.07 Å². The van der Waals surface area contributed by atoms with Gasteiger partial charge in [-0.2, -0.15) is 5.10 Å². The normalized spacial score (nSPS) is 19.1. The number of hydrazone groups is 1. The lowest BCUT2D eigenvalue weighted by molar-refractivity contribution is -0.383. The standard InChI is InChI=1S/C11H12N4O3/c1-6-4-10(16)13-14-11(6)7-2-3-8(12)9(5-7)15(17)18/h2-3,5-6H,4,12H2,1H3,(H,13,16)/t6-/m1/s1. The number of nitrogens with one attached hydrogen (secondary N) is 1. The zero-order valence-electron chi connectivity index (χ0n) is 9.71. The highest BCUT2D eigenvalue weighted by molar-refractivity contribution is 6.06. The van der Waals surface area contributed by atoms with E-state index in [1.807, 2.05) is 6.92 Å². The van der Waals surface area contributed by atoms with Crippen molar-refractivity contribution < 1.29 is 9.72 Å². The van der Waals surface area contributed by atoms with Crippen molar-refractivity contribution in [1.82, 2.24) is 5.43 Å². The van der Waals surface area contributed by atoms with E-state index < -0.39 is 4.92 Å². The molecule has 0 saturated carbocycles. The number of nitrogens with zero attached hydrogens (tertiary/aromatic N) is 2. The lowest BCUT2D eigenvalue weighted by atomic mass is 9.94. The monoisotopic (exact) mass is 248 g/mol. The van der Waals surface area contributed by atoms with Crippen LogP contribution in [-0.4, -0.2) is 16.5 Å². The SMILES string of the molecule is C[C@@H]1CC(=O)NN=C1c1ccc(N)c([N+](=O)[O-])c1. The van der Waals surface area contributed by atoms with E-state index >= 15 is 0 Å². The Morgan fingerprint density at radius 2 is 2.28 bits per heavy atom. The number of nitro benzene ring substituents is 1. The molecule has 1 heterocycles. The summed E-state index contributed by atoms with van der Waals surface area (Å²) in [6.07, 6.45) is 0.316. The fourth-order valence-electron chi connectivity index (χ4n) is 1.86. The van der Waals surface area contributed by atoms with E-state index in [9.17, 15) is 14.9 Å². The number of nitrogen functional groups attached to an aromatic ring is 1. The lowest BCUT2D eigenvalue weighted by Gasteiger charge is -2.19. The maximum atomic E-state index is 11.1. The lowest BCUT2D eigenvalue weighted by Crippen LogP contribution is -2.32. The molecule has 1 aliphatic rings. The van der Waals surface area contributed by atoms with Crippen LogP contribution < -0.4 is 11.2 Å². The van der Waals surface area contributed by atoms with E-state index in [2.05, 4.69) is 10.5 Å². The molecule has 0 fully saturated rings. The molecule has 0 saturated heterocycles. The summed E-state index contributed by atoms with van der Waals surface area (Å²) in [6.45, 7) is 1.85. The number of amides is 1. The summed E-state index contributed by atoms with van der Waals surface area (Å²) in [7, 11) is 0. The summed E-state index contributed by atoms with van der Waals surface area (Å²) in [4.78, 5) is 21.4. The maximum absolute atomic E-state index is 11.1. The molecule has 2 rings (SSSR count).